The molecule has 3 fully saturated rings. The van der Waals surface area contributed by atoms with Crippen LogP contribution in [0.15, 0.2) is 42.5 Å². The summed E-state index contributed by atoms with van der Waals surface area (Å²) in [5, 5.41) is 3.58. The number of aromatic nitrogens is 1. The molecule has 2 saturated heterocycles. The van der Waals surface area contributed by atoms with Gasteiger partial charge in [-0.05, 0) is 61.6 Å². The molecule has 1 amide bonds. The van der Waals surface area contributed by atoms with E-state index in [1.165, 1.54) is 43.2 Å². The number of hydrogen-bond acceptors (Lipinski definition) is 4. The quantitative estimate of drug-likeness (QED) is 0.700. The minimum Gasteiger partial charge on any atom is -0.374 e. The van der Waals surface area contributed by atoms with Gasteiger partial charge in [0.2, 0.25) is 5.91 Å². The topological polar surface area (TPSA) is 54.5 Å². The average Bonchev–Trinajstić information content (AvgIpc) is 3.32. The molecule has 4 atom stereocenters. The van der Waals surface area contributed by atoms with Crippen molar-refractivity contribution in [3.05, 3.63) is 65.0 Å². The van der Waals surface area contributed by atoms with Crippen molar-refractivity contribution in [3.63, 3.8) is 0 Å². The van der Waals surface area contributed by atoms with Gasteiger partial charge in [0.1, 0.15) is 0 Å². The Morgan fingerprint density at radius 3 is 2.74 bits per heavy atom. The van der Waals surface area contributed by atoms with Gasteiger partial charge in [-0.25, -0.2) is 0 Å². The number of nitrogens with one attached hydrogen (secondary N) is 1. The molecule has 4 aliphatic rings. The Hall–Kier alpha value is -2.24. The van der Waals surface area contributed by atoms with Crippen LogP contribution in [-0.2, 0) is 21.6 Å². The zero-order valence-electron chi connectivity index (χ0n) is 21.0. The van der Waals surface area contributed by atoms with E-state index in [4.69, 9.17) is 9.72 Å². The first-order valence-electron chi connectivity index (χ1n) is 13.8. The molecule has 0 radical (unpaired) electrons. The van der Waals surface area contributed by atoms with Gasteiger partial charge in [0.15, 0.2) is 0 Å². The van der Waals surface area contributed by atoms with Crippen molar-refractivity contribution < 1.29 is 9.53 Å². The number of carbonyl (C=O) groups excluding carboxylic acids is 1. The molecule has 1 aromatic carbocycles. The molecule has 35 heavy (non-hydrogen) atoms. The number of piperidine rings is 1. The fourth-order valence-electron chi connectivity index (χ4n) is 7.56. The SMILES string of the molecule is Cc1ccc2c(n1)COC[C@]21CNC[C@H]1C(=O)N1CC[C@@H](c2ccccc2)C[C@H]1C1CCCCC1. The van der Waals surface area contributed by atoms with Gasteiger partial charge in [-0.2, -0.15) is 0 Å². The second-order valence-corrected chi connectivity index (χ2v) is 11.4. The molecule has 186 valence electrons. The lowest BCUT2D eigenvalue weighted by Crippen LogP contribution is -2.56. The summed E-state index contributed by atoms with van der Waals surface area (Å²) < 4.78 is 6.10. The highest BCUT2D eigenvalue weighted by Crippen LogP contribution is 2.44. The maximum absolute atomic E-state index is 14.5. The van der Waals surface area contributed by atoms with E-state index in [1.807, 2.05) is 6.92 Å². The molecule has 4 heterocycles. The number of pyridine rings is 1. The number of carbonyl (C=O) groups is 1. The molecule has 2 aromatic rings. The standard InChI is InChI=1S/C30H39N3O2/c1-21-12-13-25-27(32-21)18-35-20-30(25)19-31-17-26(30)29(34)33-15-14-24(22-8-4-2-5-9-22)16-28(33)23-10-6-3-7-11-23/h2,4-5,8-9,12-13,23-24,26,28,31H,3,6-7,10-11,14-20H2,1H3/t24-,26+,28+,30-/m1/s1. The monoisotopic (exact) mass is 473 g/mol. The first-order chi connectivity index (χ1) is 17.2. The number of ether oxygens (including phenoxy) is 1. The van der Waals surface area contributed by atoms with Gasteiger partial charge in [-0.3, -0.25) is 9.78 Å². The number of rotatable bonds is 3. The largest absolute Gasteiger partial charge is 0.374 e. The smallest absolute Gasteiger partial charge is 0.228 e. The van der Waals surface area contributed by atoms with Crippen LogP contribution in [0.4, 0.5) is 0 Å². The first kappa shape index (κ1) is 23.2. The molecule has 6 rings (SSSR count). The fraction of sp³-hybridized carbons (Fsp3) is 0.600. The zero-order chi connectivity index (χ0) is 23.8. The van der Waals surface area contributed by atoms with E-state index in [1.54, 1.807) is 0 Å². The Morgan fingerprint density at radius 2 is 1.91 bits per heavy atom. The first-order valence-corrected chi connectivity index (χ1v) is 13.8. The Labute approximate surface area is 209 Å². The van der Waals surface area contributed by atoms with E-state index in [-0.39, 0.29) is 11.3 Å². The van der Waals surface area contributed by atoms with Gasteiger partial charge < -0.3 is 15.0 Å². The molecule has 1 N–H and O–H groups in total. The number of fused-ring (bicyclic) bond motifs is 2. The average molecular weight is 474 g/mol. The lowest BCUT2D eigenvalue weighted by molar-refractivity contribution is -0.144. The second-order valence-electron chi connectivity index (χ2n) is 11.4. The van der Waals surface area contributed by atoms with Crippen LogP contribution in [-0.4, -0.2) is 48.1 Å². The van der Waals surface area contributed by atoms with Gasteiger partial charge in [-0.1, -0.05) is 55.7 Å². The van der Waals surface area contributed by atoms with Crippen LogP contribution >= 0.6 is 0 Å². The van der Waals surface area contributed by atoms with Crippen LogP contribution in [0, 0.1) is 18.8 Å². The Kier molecular flexibility index (Phi) is 6.40. The van der Waals surface area contributed by atoms with E-state index in [2.05, 4.69) is 52.7 Å². The summed E-state index contributed by atoms with van der Waals surface area (Å²) in [5.41, 5.74) is 4.39. The van der Waals surface area contributed by atoms with Crippen molar-refractivity contribution in [2.24, 2.45) is 11.8 Å². The fourth-order valence-corrected chi connectivity index (χ4v) is 7.56. The van der Waals surface area contributed by atoms with Gasteiger partial charge in [0, 0.05) is 36.8 Å². The molecule has 1 spiro atoms. The van der Waals surface area contributed by atoms with Crippen molar-refractivity contribution in [3.8, 4) is 0 Å². The predicted molar refractivity (Wildman–Crippen MR) is 137 cm³/mol. The predicted octanol–water partition coefficient (Wildman–Crippen LogP) is 4.73. The third-order valence-corrected chi connectivity index (χ3v) is 9.40. The van der Waals surface area contributed by atoms with E-state index < -0.39 is 0 Å². The molecule has 1 saturated carbocycles. The summed E-state index contributed by atoms with van der Waals surface area (Å²) in [6, 6.07) is 15.6. The second kappa shape index (κ2) is 9.67. The van der Waals surface area contributed by atoms with Gasteiger partial charge in [0.05, 0.1) is 24.8 Å². The van der Waals surface area contributed by atoms with Crippen LogP contribution in [0.3, 0.4) is 0 Å². The number of nitrogens with zero attached hydrogens (tertiary/aromatic N) is 2. The van der Waals surface area contributed by atoms with Crippen molar-refractivity contribution >= 4 is 5.91 Å². The Bertz CT molecular complexity index is 1050. The molecule has 1 aromatic heterocycles. The molecule has 0 bridgehead atoms. The van der Waals surface area contributed by atoms with E-state index >= 15 is 0 Å². The van der Waals surface area contributed by atoms with E-state index in [0.717, 1.165) is 43.9 Å². The number of likely N-dealkylation sites (tertiary alicyclic amines) is 1. The highest BCUT2D eigenvalue weighted by molar-refractivity contribution is 5.82. The summed E-state index contributed by atoms with van der Waals surface area (Å²) in [6.07, 6.45) is 8.63. The highest BCUT2D eigenvalue weighted by Gasteiger charge is 2.53. The number of hydrogen-bond donors (Lipinski definition) is 1. The third-order valence-electron chi connectivity index (χ3n) is 9.40. The summed E-state index contributed by atoms with van der Waals surface area (Å²) in [7, 11) is 0. The van der Waals surface area contributed by atoms with Gasteiger partial charge >= 0.3 is 0 Å². The van der Waals surface area contributed by atoms with Crippen molar-refractivity contribution in [1.29, 1.82) is 0 Å². The van der Waals surface area contributed by atoms with Gasteiger partial charge in [-0.15, -0.1) is 0 Å². The molecule has 5 heteroatoms. The number of aryl methyl sites for hydroxylation is 1. The van der Waals surface area contributed by atoms with Crippen LogP contribution in [0.25, 0.3) is 0 Å². The maximum atomic E-state index is 14.5. The maximum Gasteiger partial charge on any atom is 0.228 e. The van der Waals surface area contributed by atoms with Crippen molar-refractivity contribution in [1.82, 2.24) is 15.2 Å². The van der Waals surface area contributed by atoms with Gasteiger partial charge in [0.25, 0.3) is 0 Å². The van der Waals surface area contributed by atoms with Crippen molar-refractivity contribution in [2.75, 3.05) is 26.2 Å². The van der Waals surface area contributed by atoms with Crippen LogP contribution < -0.4 is 5.32 Å². The number of amides is 1. The molecule has 1 aliphatic carbocycles. The summed E-state index contributed by atoms with van der Waals surface area (Å²) in [6.45, 7) is 5.56. The summed E-state index contributed by atoms with van der Waals surface area (Å²) >= 11 is 0. The zero-order valence-corrected chi connectivity index (χ0v) is 21.0. The van der Waals surface area contributed by atoms with E-state index in [9.17, 15) is 4.79 Å². The molecule has 0 unspecified atom stereocenters. The minimum atomic E-state index is -0.307. The molecular formula is C30H39N3O2. The third kappa shape index (κ3) is 4.21. The summed E-state index contributed by atoms with van der Waals surface area (Å²) in [5.74, 6) is 1.43. The number of benzene rings is 1. The Morgan fingerprint density at radius 1 is 1.09 bits per heavy atom. The van der Waals surface area contributed by atoms with Crippen LogP contribution in [0.2, 0.25) is 0 Å². The molecular weight excluding hydrogens is 434 g/mol. The van der Waals surface area contributed by atoms with E-state index in [0.29, 0.717) is 37.0 Å². The Balaban J connectivity index is 1.30. The lowest BCUT2D eigenvalue weighted by atomic mass is 9.69. The van der Waals surface area contributed by atoms with Crippen molar-refractivity contribution in [2.45, 2.75) is 75.9 Å². The lowest BCUT2D eigenvalue weighted by Gasteiger charge is -2.47. The minimum absolute atomic E-state index is 0.0922. The summed E-state index contributed by atoms with van der Waals surface area (Å²) in [4.78, 5) is 21.6. The van der Waals surface area contributed by atoms with Crippen LogP contribution in [0.1, 0.15) is 73.4 Å². The molecule has 5 nitrogen and oxygen atoms in total. The van der Waals surface area contributed by atoms with Crippen LogP contribution in [0.5, 0.6) is 0 Å². The normalized spacial score (nSPS) is 31.5. The molecule has 3 aliphatic heterocycles. The highest BCUT2D eigenvalue weighted by atomic mass is 16.5.